The van der Waals surface area contributed by atoms with E-state index in [1.54, 1.807) is 0 Å². The summed E-state index contributed by atoms with van der Waals surface area (Å²) in [4.78, 5) is 0. The van der Waals surface area contributed by atoms with E-state index >= 15 is 0 Å². The van der Waals surface area contributed by atoms with Gasteiger partial charge in [0.2, 0.25) is 0 Å². The third-order valence-corrected chi connectivity index (χ3v) is 2.84. The lowest BCUT2D eigenvalue weighted by Crippen LogP contribution is -2.38. The zero-order valence-electron chi connectivity index (χ0n) is 12.7. The first-order valence-electron chi connectivity index (χ1n) is 6.85. The highest BCUT2D eigenvalue weighted by molar-refractivity contribution is 5.07. The molecule has 0 spiro atoms. The van der Waals surface area contributed by atoms with E-state index in [2.05, 4.69) is 47.6 Å². The summed E-state index contributed by atoms with van der Waals surface area (Å²) in [5.74, 6) is 0.261. The molecule has 0 aromatic carbocycles. The second-order valence-electron chi connectivity index (χ2n) is 7.14. The molecular weight excluding hydrogens is 226 g/mol. The predicted molar refractivity (Wildman–Crippen MR) is 75.3 cm³/mol. The van der Waals surface area contributed by atoms with E-state index in [-0.39, 0.29) is 23.2 Å². The standard InChI is InChI=1S/C15H29NO2/c1-14(2,3)17-10-11-9-12(16)7-8-13(11)18-15(4,5)6/h9,11,13H,7-8,10,16H2,1-6H3/t11-,13?/m1/s1. The summed E-state index contributed by atoms with van der Waals surface area (Å²) in [6.45, 7) is 13.2. The second kappa shape index (κ2) is 5.62. The summed E-state index contributed by atoms with van der Waals surface area (Å²) in [5, 5.41) is 0. The molecule has 1 rings (SSSR count). The average molecular weight is 255 g/mol. The molecule has 0 radical (unpaired) electrons. The van der Waals surface area contributed by atoms with Gasteiger partial charge in [0.15, 0.2) is 0 Å². The van der Waals surface area contributed by atoms with Crippen LogP contribution < -0.4 is 5.73 Å². The quantitative estimate of drug-likeness (QED) is 0.842. The highest BCUT2D eigenvalue weighted by Crippen LogP contribution is 2.28. The first kappa shape index (κ1) is 15.5. The van der Waals surface area contributed by atoms with Crippen molar-refractivity contribution in [2.75, 3.05) is 6.61 Å². The molecule has 0 saturated carbocycles. The maximum atomic E-state index is 6.12. The zero-order chi connectivity index (χ0) is 14.0. The highest BCUT2D eigenvalue weighted by atomic mass is 16.5. The molecule has 1 aliphatic rings. The summed E-state index contributed by atoms with van der Waals surface area (Å²) in [6.07, 6.45) is 4.23. The third kappa shape index (κ3) is 5.87. The van der Waals surface area contributed by atoms with Crippen molar-refractivity contribution in [1.82, 2.24) is 0 Å². The maximum absolute atomic E-state index is 6.12. The van der Waals surface area contributed by atoms with Crippen LogP contribution in [0.2, 0.25) is 0 Å². The molecule has 3 nitrogen and oxygen atoms in total. The first-order valence-corrected chi connectivity index (χ1v) is 6.85. The molecule has 2 N–H and O–H groups in total. The van der Waals surface area contributed by atoms with E-state index in [4.69, 9.17) is 15.2 Å². The Morgan fingerprint density at radius 1 is 1.17 bits per heavy atom. The Bertz CT molecular complexity index is 297. The lowest BCUT2D eigenvalue weighted by molar-refractivity contribution is -0.108. The molecule has 0 saturated heterocycles. The van der Waals surface area contributed by atoms with Gasteiger partial charge >= 0.3 is 0 Å². The van der Waals surface area contributed by atoms with Crippen molar-refractivity contribution >= 4 is 0 Å². The summed E-state index contributed by atoms with van der Waals surface area (Å²) in [7, 11) is 0. The number of rotatable bonds is 3. The van der Waals surface area contributed by atoms with Crippen molar-refractivity contribution in [3.63, 3.8) is 0 Å². The Morgan fingerprint density at radius 2 is 1.78 bits per heavy atom. The van der Waals surface area contributed by atoms with Crippen LogP contribution in [0.15, 0.2) is 11.8 Å². The van der Waals surface area contributed by atoms with Gasteiger partial charge in [0.25, 0.3) is 0 Å². The van der Waals surface area contributed by atoms with Gasteiger partial charge in [-0.2, -0.15) is 0 Å². The fourth-order valence-corrected chi connectivity index (χ4v) is 2.09. The first-order chi connectivity index (χ1) is 8.07. The second-order valence-corrected chi connectivity index (χ2v) is 7.14. The van der Waals surface area contributed by atoms with E-state index in [0.29, 0.717) is 6.61 Å². The normalized spacial score (nSPS) is 26.0. The SMILES string of the molecule is CC(C)(C)OC[C@H]1C=C(N)CCC1OC(C)(C)C. The van der Waals surface area contributed by atoms with Gasteiger partial charge in [-0.15, -0.1) is 0 Å². The summed E-state index contributed by atoms with van der Waals surface area (Å²) in [5.41, 5.74) is 6.67. The van der Waals surface area contributed by atoms with Gasteiger partial charge in [-0.25, -0.2) is 0 Å². The Kier molecular flexibility index (Phi) is 4.84. The van der Waals surface area contributed by atoms with Crippen molar-refractivity contribution in [2.24, 2.45) is 11.7 Å². The fourth-order valence-electron chi connectivity index (χ4n) is 2.09. The maximum Gasteiger partial charge on any atom is 0.0671 e. The number of hydrogen-bond acceptors (Lipinski definition) is 3. The van der Waals surface area contributed by atoms with E-state index in [9.17, 15) is 0 Å². The van der Waals surface area contributed by atoms with Crippen LogP contribution in [-0.2, 0) is 9.47 Å². The van der Waals surface area contributed by atoms with Crippen LogP contribution in [-0.4, -0.2) is 23.9 Å². The molecule has 0 aromatic heterocycles. The monoisotopic (exact) mass is 255 g/mol. The van der Waals surface area contributed by atoms with Gasteiger partial charge in [-0.1, -0.05) is 6.08 Å². The molecule has 1 unspecified atom stereocenters. The van der Waals surface area contributed by atoms with Gasteiger partial charge in [0.05, 0.1) is 23.9 Å². The van der Waals surface area contributed by atoms with Crippen LogP contribution in [0.1, 0.15) is 54.4 Å². The minimum Gasteiger partial charge on any atom is -0.402 e. The number of nitrogens with two attached hydrogens (primary N) is 1. The molecule has 0 fully saturated rings. The molecule has 0 amide bonds. The zero-order valence-corrected chi connectivity index (χ0v) is 12.7. The number of allylic oxidation sites excluding steroid dienone is 1. The Hall–Kier alpha value is -0.540. The Morgan fingerprint density at radius 3 is 2.28 bits per heavy atom. The number of hydrogen-bond donors (Lipinski definition) is 1. The van der Waals surface area contributed by atoms with E-state index in [1.807, 2.05) is 0 Å². The van der Waals surface area contributed by atoms with Crippen molar-refractivity contribution < 1.29 is 9.47 Å². The smallest absolute Gasteiger partial charge is 0.0671 e. The van der Waals surface area contributed by atoms with Crippen molar-refractivity contribution in [1.29, 1.82) is 0 Å². The van der Waals surface area contributed by atoms with Crippen molar-refractivity contribution in [3.05, 3.63) is 11.8 Å². The lowest BCUT2D eigenvalue weighted by Gasteiger charge is -2.36. The van der Waals surface area contributed by atoms with Crippen LogP contribution in [0, 0.1) is 5.92 Å². The molecular formula is C15H29NO2. The van der Waals surface area contributed by atoms with Crippen LogP contribution >= 0.6 is 0 Å². The number of ether oxygens (including phenoxy) is 2. The van der Waals surface area contributed by atoms with Crippen LogP contribution in [0.3, 0.4) is 0 Å². The Balaban J connectivity index is 2.65. The summed E-state index contributed by atoms with van der Waals surface area (Å²) < 4.78 is 12.0. The van der Waals surface area contributed by atoms with Gasteiger partial charge in [0.1, 0.15) is 0 Å². The fraction of sp³-hybridized carbons (Fsp3) is 0.867. The Labute approximate surface area is 112 Å². The molecule has 1 aliphatic carbocycles. The molecule has 106 valence electrons. The molecule has 0 aromatic rings. The van der Waals surface area contributed by atoms with Crippen molar-refractivity contribution in [3.8, 4) is 0 Å². The van der Waals surface area contributed by atoms with Gasteiger partial charge < -0.3 is 15.2 Å². The van der Waals surface area contributed by atoms with Gasteiger partial charge in [-0.05, 0) is 54.4 Å². The summed E-state index contributed by atoms with van der Waals surface area (Å²) in [6, 6.07) is 0. The van der Waals surface area contributed by atoms with Crippen LogP contribution in [0.4, 0.5) is 0 Å². The predicted octanol–water partition coefficient (Wildman–Crippen LogP) is 3.24. The minimum absolute atomic E-state index is 0.119. The molecule has 3 heteroatoms. The highest BCUT2D eigenvalue weighted by Gasteiger charge is 2.29. The lowest BCUT2D eigenvalue weighted by atomic mass is 9.90. The van der Waals surface area contributed by atoms with E-state index < -0.39 is 0 Å². The van der Waals surface area contributed by atoms with Gasteiger partial charge in [-0.3, -0.25) is 0 Å². The topological polar surface area (TPSA) is 44.5 Å². The van der Waals surface area contributed by atoms with E-state index in [0.717, 1.165) is 18.5 Å². The molecule has 2 atom stereocenters. The van der Waals surface area contributed by atoms with Crippen LogP contribution in [0.25, 0.3) is 0 Å². The van der Waals surface area contributed by atoms with Gasteiger partial charge in [0, 0.05) is 11.6 Å². The minimum atomic E-state index is -0.120. The largest absolute Gasteiger partial charge is 0.402 e. The van der Waals surface area contributed by atoms with Crippen LogP contribution in [0.5, 0.6) is 0 Å². The van der Waals surface area contributed by atoms with Crippen molar-refractivity contribution in [2.45, 2.75) is 71.7 Å². The molecule has 0 heterocycles. The average Bonchev–Trinajstić information content (AvgIpc) is 2.15. The molecule has 0 bridgehead atoms. The third-order valence-electron chi connectivity index (χ3n) is 2.84. The summed E-state index contributed by atoms with van der Waals surface area (Å²) >= 11 is 0. The van der Waals surface area contributed by atoms with E-state index in [1.165, 1.54) is 0 Å². The molecule has 18 heavy (non-hydrogen) atoms. The molecule has 0 aliphatic heterocycles.